The van der Waals surface area contributed by atoms with Crippen LogP contribution in [0, 0.1) is 0 Å². The molecule has 2 aromatic carbocycles. The molecule has 0 aliphatic heterocycles. The van der Waals surface area contributed by atoms with Crippen molar-refractivity contribution in [1.29, 1.82) is 0 Å². The van der Waals surface area contributed by atoms with E-state index in [1.807, 2.05) is 24.3 Å². The number of carbonyl (C=O) groups is 1. The Morgan fingerprint density at radius 2 is 1.75 bits per heavy atom. The van der Waals surface area contributed by atoms with Crippen molar-refractivity contribution >= 4 is 16.7 Å². The molecule has 2 heteroatoms. The lowest BCUT2D eigenvalue weighted by Gasteiger charge is -2.03. The summed E-state index contributed by atoms with van der Waals surface area (Å²) in [6.45, 7) is 3.76. The average molecular weight is 263 g/mol. The number of aromatic nitrogens is 1. The van der Waals surface area contributed by atoms with Crippen LogP contribution in [-0.4, -0.2) is 10.8 Å². The van der Waals surface area contributed by atoms with Gasteiger partial charge in [-0.1, -0.05) is 49.4 Å². The van der Waals surface area contributed by atoms with Crippen molar-refractivity contribution in [3.8, 4) is 11.3 Å². The molecule has 0 bridgehead atoms. The molecule has 1 heterocycles. The van der Waals surface area contributed by atoms with Gasteiger partial charge in [-0.05, 0) is 30.5 Å². The lowest BCUT2D eigenvalue weighted by atomic mass is 10.0. The third-order valence-corrected chi connectivity index (χ3v) is 3.71. The Bertz CT molecular complexity index is 766. The normalized spacial score (nSPS) is 10.9. The Morgan fingerprint density at radius 1 is 1.05 bits per heavy atom. The van der Waals surface area contributed by atoms with Crippen LogP contribution in [0.25, 0.3) is 22.2 Å². The highest BCUT2D eigenvalue weighted by molar-refractivity contribution is 6.12. The van der Waals surface area contributed by atoms with Crippen LogP contribution in [-0.2, 0) is 6.42 Å². The van der Waals surface area contributed by atoms with Gasteiger partial charge in [-0.15, -0.1) is 0 Å². The molecule has 3 rings (SSSR count). The fourth-order valence-electron chi connectivity index (χ4n) is 2.63. The predicted molar refractivity (Wildman–Crippen MR) is 83.1 cm³/mol. The molecule has 0 spiro atoms. The van der Waals surface area contributed by atoms with E-state index in [1.165, 1.54) is 5.56 Å². The summed E-state index contributed by atoms with van der Waals surface area (Å²) in [6, 6.07) is 16.3. The van der Waals surface area contributed by atoms with E-state index in [1.54, 1.807) is 6.92 Å². The first kappa shape index (κ1) is 12.7. The number of hydrogen-bond donors (Lipinski definition) is 1. The molecule has 0 atom stereocenters. The molecule has 0 saturated heterocycles. The first-order chi connectivity index (χ1) is 9.70. The maximum Gasteiger partial charge on any atom is 0.162 e. The monoisotopic (exact) mass is 263 g/mol. The van der Waals surface area contributed by atoms with E-state index in [0.29, 0.717) is 0 Å². The topological polar surface area (TPSA) is 32.9 Å². The largest absolute Gasteiger partial charge is 0.354 e. The number of hydrogen-bond acceptors (Lipinski definition) is 1. The third-order valence-electron chi connectivity index (χ3n) is 3.71. The van der Waals surface area contributed by atoms with Crippen LogP contribution in [0.15, 0.2) is 48.5 Å². The van der Waals surface area contributed by atoms with Gasteiger partial charge in [-0.3, -0.25) is 4.79 Å². The molecule has 0 amide bonds. The quantitative estimate of drug-likeness (QED) is 0.688. The first-order valence-electron chi connectivity index (χ1n) is 6.91. The first-order valence-corrected chi connectivity index (χ1v) is 6.91. The minimum Gasteiger partial charge on any atom is -0.354 e. The molecule has 0 aliphatic rings. The molecule has 20 heavy (non-hydrogen) atoms. The van der Waals surface area contributed by atoms with Gasteiger partial charge in [0.05, 0.1) is 11.3 Å². The summed E-state index contributed by atoms with van der Waals surface area (Å²) < 4.78 is 0. The van der Waals surface area contributed by atoms with E-state index >= 15 is 0 Å². The standard InChI is InChI=1S/C18H17NO/c1-3-13-8-10-14(11-9-13)18-17(12(2)20)15-6-4-5-7-16(15)19-18/h4-11,19H,3H2,1-2H3. The highest BCUT2D eigenvalue weighted by Crippen LogP contribution is 2.30. The van der Waals surface area contributed by atoms with Crippen LogP contribution in [0.5, 0.6) is 0 Å². The lowest BCUT2D eigenvalue weighted by molar-refractivity contribution is 0.102. The van der Waals surface area contributed by atoms with Gasteiger partial charge >= 0.3 is 0 Å². The molecule has 100 valence electrons. The van der Waals surface area contributed by atoms with E-state index in [9.17, 15) is 4.79 Å². The molecule has 1 N–H and O–H groups in total. The molecule has 1 aromatic heterocycles. The summed E-state index contributed by atoms with van der Waals surface area (Å²) in [5.41, 5.74) is 5.07. The SMILES string of the molecule is CCc1ccc(-c2[nH]c3ccccc3c2C(C)=O)cc1. The summed E-state index contributed by atoms with van der Waals surface area (Å²) >= 11 is 0. The van der Waals surface area contributed by atoms with E-state index in [2.05, 4.69) is 36.2 Å². The number of nitrogens with one attached hydrogen (secondary N) is 1. The molecule has 0 fully saturated rings. The van der Waals surface area contributed by atoms with Crippen molar-refractivity contribution in [3.63, 3.8) is 0 Å². The second kappa shape index (κ2) is 4.97. The summed E-state index contributed by atoms with van der Waals surface area (Å²) in [4.78, 5) is 15.4. The second-order valence-corrected chi connectivity index (χ2v) is 5.03. The Balaban J connectivity index is 2.23. The number of benzene rings is 2. The van der Waals surface area contributed by atoms with Crippen molar-refractivity contribution in [3.05, 3.63) is 59.7 Å². The second-order valence-electron chi connectivity index (χ2n) is 5.03. The van der Waals surface area contributed by atoms with Crippen molar-refractivity contribution in [2.45, 2.75) is 20.3 Å². The Labute approximate surface area is 118 Å². The van der Waals surface area contributed by atoms with E-state index in [0.717, 1.165) is 34.1 Å². The molecular formula is C18H17NO. The van der Waals surface area contributed by atoms with Gasteiger partial charge < -0.3 is 4.98 Å². The van der Waals surface area contributed by atoms with Crippen LogP contribution in [0.2, 0.25) is 0 Å². The maximum absolute atomic E-state index is 12.0. The molecular weight excluding hydrogens is 246 g/mol. The number of rotatable bonds is 3. The van der Waals surface area contributed by atoms with Gasteiger partial charge in [0.25, 0.3) is 0 Å². The van der Waals surface area contributed by atoms with Crippen LogP contribution in [0.4, 0.5) is 0 Å². The van der Waals surface area contributed by atoms with Crippen LogP contribution >= 0.6 is 0 Å². The Kier molecular flexibility index (Phi) is 3.15. The Morgan fingerprint density at radius 3 is 2.40 bits per heavy atom. The molecule has 2 nitrogen and oxygen atoms in total. The predicted octanol–water partition coefficient (Wildman–Crippen LogP) is 4.60. The lowest BCUT2D eigenvalue weighted by Crippen LogP contribution is -1.94. The van der Waals surface area contributed by atoms with Gasteiger partial charge in [0.2, 0.25) is 0 Å². The number of fused-ring (bicyclic) bond motifs is 1. The van der Waals surface area contributed by atoms with Crippen LogP contribution < -0.4 is 0 Å². The number of Topliss-reactive ketones (excluding diaryl/α,β-unsaturated/α-hetero) is 1. The Hall–Kier alpha value is -2.35. The maximum atomic E-state index is 12.0. The zero-order chi connectivity index (χ0) is 14.1. The zero-order valence-electron chi connectivity index (χ0n) is 11.7. The van der Waals surface area contributed by atoms with E-state index < -0.39 is 0 Å². The minimum absolute atomic E-state index is 0.0945. The number of para-hydroxylation sites is 1. The smallest absolute Gasteiger partial charge is 0.162 e. The number of aromatic amines is 1. The van der Waals surface area contributed by atoms with Gasteiger partial charge in [0, 0.05) is 10.9 Å². The van der Waals surface area contributed by atoms with Crippen molar-refractivity contribution < 1.29 is 4.79 Å². The number of carbonyl (C=O) groups excluding carboxylic acids is 1. The van der Waals surface area contributed by atoms with E-state index in [-0.39, 0.29) is 5.78 Å². The van der Waals surface area contributed by atoms with Gasteiger partial charge in [0.1, 0.15) is 0 Å². The third kappa shape index (κ3) is 2.03. The fourth-order valence-corrected chi connectivity index (χ4v) is 2.63. The van der Waals surface area contributed by atoms with Crippen molar-refractivity contribution in [1.82, 2.24) is 4.98 Å². The average Bonchev–Trinajstić information content (AvgIpc) is 2.86. The van der Waals surface area contributed by atoms with Gasteiger partial charge in [-0.2, -0.15) is 0 Å². The van der Waals surface area contributed by atoms with E-state index in [4.69, 9.17) is 0 Å². The number of aryl methyl sites for hydroxylation is 1. The highest BCUT2D eigenvalue weighted by Gasteiger charge is 2.16. The molecule has 3 aromatic rings. The van der Waals surface area contributed by atoms with Gasteiger partial charge in [-0.25, -0.2) is 0 Å². The summed E-state index contributed by atoms with van der Waals surface area (Å²) in [6.07, 6.45) is 1.02. The molecule has 0 saturated carbocycles. The summed E-state index contributed by atoms with van der Waals surface area (Å²) in [7, 11) is 0. The van der Waals surface area contributed by atoms with Crippen molar-refractivity contribution in [2.24, 2.45) is 0 Å². The van der Waals surface area contributed by atoms with Gasteiger partial charge in [0.15, 0.2) is 5.78 Å². The highest BCUT2D eigenvalue weighted by atomic mass is 16.1. The molecule has 0 radical (unpaired) electrons. The fraction of sp³-hybridized carbons (Fsp3) is 0.167. The summed E-state index contributed by atoms with van der Waals surface area (Å²) in [5, 5.41) is 0.995. The molecule has 0 aliphatic carbocycles. The summed E-state index contributed by atoms with van der Waals surface area (Å²) in [5.74, 6) is 0.0945. The van der Waals surface area contributed by atoms with Crippen LogP contribution in [0.3, 0.4) is 0 Å². The number of ketones is 1. The molecule has 0 unspecified atom stereocenters. The van der Waals surface area contributed by atoms with Crippen LogP contribution in [0.1, 0.15) is 29.8 Å². The number of H-pyrrole nitrogens is 1. The van der Waals surface area contributed by atoms with Crippen molar-refractivity contribution in [2.75, 3.05) is 0 Å². The minimum atomic E-state index is 0.0945. The zero-order valence-corrected chi connectivity index (χ0v) is 11.7.